The summed E-state index contributed by atoms with van der Waals surface area (Å²) in [5.41, 5.74) is 0. The summed E-state index contributed by atoms with van der Waals surface area (Å²) < 4.78 is 1.55. The number of hydrogen-bond acceptors (Lipinski definition) is 1. The third-order valence-electron chi connectivity index (χ3n) is 1.34. The van der Waals surface area contributed by atoms with E-state index in [0.29, 0.717) is 0 Å². The lowest BCUT2D eigenvalue weighted by atomic mass is 10.4. The van der Waals surface area contributed by atoms with Gasteiger partial charge in [0.05, 0.1) is 0 Å². The van der Waals surface area contributed by atoms with Crippen LogP contribution in [-0.2, 0) is 0 Å². The van der Waals surface area contributed by atoms with Crippen LogP contribution in [0.3, 0.4) is 0 Å². The summed E-state index contributed by atoms with van der Waals surface area (Å²) in [6.07, 6.45) is 10.4. The third kappa shape index (κ3) is 1.83. The van der Waals surface area contributed by atoms with Gasteiger partial charge >= 0.3 is 0 Å². The van der Waals surface area contributed by atoms with Crippen molar-refractivity contribution in [3.05, 3.63) is 21.8 Å². The Hall–Kier alpha value is 0.180. The Morgan fingerprint density at radius 3 is 2.30 bits per heavy atom. The molecule has 0 aliphatic carbocycles. The molecule has 1 aliphatic heterocycles. The van der Waals surface area contributed by atoms with Gasteiger partial charge in [-0.05, 0) is 30.1 Å². The number of allylic oxidation sites excluding steroid dienone is 2. The molecule has 0 bridgehead atoms. The summed E-state index contributed by atoms with van der Waals surface area (Å²) >= 11 is 1.88. The van der Waals surface area contributed by atoms with E-state index in [1.54, 1.807) is 4.24 Å². The summed E-state index contributed by atoms with van der Waals surface area (Å²) in [6.45, 7) is 3.94. The van der Waals surface area contributed by atoms with Crippen molar-refractivity contribution in [1.82, 2.24) is 0 Å². The molecule has 0 nitrogen and oxygen atoms in total. The molecule has 0 aromatic carbocycles. The minimum atomic E-state index is -0.472. The molecule has 1 aliphatic rings. The molecule has 0 aromatic rings. The average Bonchev–Trinajstić information content (AvgIpc) is 2.11. The molecule has 0 fully saturated rings. The maximum absolute atomic E-state index is 3.94. The quantitative estimate of drug-likeness (QED) is 0.588. The van der Waals surface area contributed by atoms with E-state index in [2.05, 4.69) is 31.4 Å². The zero-order chi connectivity index (χ0) is 7.78. The van der Waals surface area contributed by atoms with Crippen molar-refractivity contribution in [1.29, 1.82) is 0 Å². The SMILES string of the molecule is C=C1CC=C(S(C)(C)C)S1. The summed E-state index contributed by atoms with van der Waals surface area (Å²) in [5.74, 6) is 0. The molecular formula is C8H14S2. The van der Waals surface area contributed by atoms with Crippen LogP contribution in [0.25, 0.3) is 0 Å². The van der Waals surface area contributed by atoms with E-state index in [0.717, 1.165) is 6.42 Å². The van der Waals surface area contributed by atoms with Crippen molar-refractivity contribution in [3.63, 3.8) is 0 Å². The highest BCUT2D eigenvalue weighted by Crippen LogP contribution is 2.56. The first-order valence-electron chi connectivity index (χ1n) is 3.24. The van der Waals surface area contributed by atoms with Crippen molar-refractivity contribution in [2.75, 3.05) is 18.8 Å². The van der Waals surface area contributed by atoms with Crippen LogP contribution >= 0.6 is 21.8 Å². The topological polar surface area (TPSA) is 0 Å². The van der Waals surface area contributed by atoms with Crippen molar-refractivity contribution in [2.24, 2.45) is 0 Å². The molecule has 0 spiro atoms. The van der Waals surface area contributed by atoms with Gasteiger partial charge in [0, 0.05) is 4.24 Å². The largest absolute Gasteiger partial charge is 0.218 e. The van der Waals surface area contributed by atoms with Gasteiger partial charge in [0.2, 0.25) is 0 Å². The van der Waals surface area contributed by atoms with E-state index < -0.39 is 10.0 Å². The fourth-order valence-electron chi connectivity index (χ4n) is 0.798. The minimum Gasteiger partial charge on any atom is -0.218 e. The number of rotatable bonds is 1. The Balaban J connectivity index is 2.69. The van der Waals surface area contributed by atoms with Gasteiger partial charge in [0.25, 0.3) is 0 Å². The van der Waals surface area contributed by atoms with Gasteiger partial charge in [-0.2, -0.15) is 0 Å². The molecule has 58 valence electrons. The standard InChI is InChI=1S/C8H14S2/c1-7-5-6-8(9-7)10(2,3)4/h6H,1,5H2,2-4H3. The van der Waals surface area contributed by atoms with Gasteiger partial charge in [-0.3, -0.25) is 0 Å². The Kier molecular flexibility index (Phi) is 2.21. The molecule has 0 saturated carbocycles. The van der Waals surface area contributed by atoms with Crippen LogP contribution in [0.2, 0.25) is 0 Å². The van der Waals surface area contributed by atoms with Crippen molar-refractivity contribution >= 4 is 21.8 Å². The van der Waals surface area contributed by atoms with Crippen molar-refractivity contribution in [2.45, 2.75) is 6.42 Å². The zero-order valence-electron chi connectivity index (χ0n) is 6.81. The summed E-state index contributed by atoms with van der Waals surface area (Å²) in [5, 5.41) is 0. The van der Waals surface area contributed by atoms with Crippen LogP contribution in [-0.4, -0.2) is 18.8 Å². The van der Waals surface area contributed by atoms with Gasteiger partial charge in [-0.1, -0.05) is 24.4 Å². The first kappa shape index (κ1) is 8.28. The highest BCUT2D eigenvalue weighted by atomic mass is 32.3. The monoisotopic (exact) mass is 174 g/mol. The number of thioether (sulfide) groups is 1. The van der Waals surface area contributed by atoms with Crippen LogP contribution in [0.15, 0.2) is 21.8 Å². The predicted molar refractivity (Wildman–Crippen MR) is 54.8 cm³/mol. The Bertz CT molecular complexity index is 184. The predicted octanol–water partition coefficient (Wildman–Crippen LogP) is 3.17. The van der Waals surface area contributed by atoms with Gasteiger partial charge in [-0.15, -0.1) is 0 Å². The lowest BCUT2D eigenvalue weighted by molar-refractivity contribution is 1.40. The molecule has 0 unspecified atom stereocenters. The van der Waals surface area contributed by atoms with Gasteiger partial charge < -0.3 is 0 Å². The fourth-order valence-corrected chi connectivity index (χ4v) is 3.35. The van der Waals surface area contributed by atoms with E-state index >= 15 is 0 Å². The minimum absolute atomic E-state index is 0.472. The van der Waals surface area contributed by atoms with Crippen molar-refractivity contribution < 1.29 is 0 Å². The maximum Gasteiger partial charge on any atom is 0.0233 e. The normalized spacial score (nSPS) is 21.1. The molecule has 1 heterocycles. The van der Waals surface area contributed by atoms with Crippen LogP contribution in [0.4, 0.5) is 0 Å². The second kappa shape index (κ2) is 2.67. The molecule has 0 atom stereocenters. The molecule has 0 aromatic heterocycles. The third-order valence-corrected chi connectivity index (χ3v) is 5.29. The van der Waals surface area contributed by atoms with E-state index in [1.807, 2.05) is 11.8 Å². The summed E-state index contributed by atoms with van der Waals surface area (Å²) in [4.78, 5) is 1.30. The van der Waals surface area contributed by atoms with Crippen LogP contribution in [0.1, 0.15) is 6.42 Å². The Labute approximate surface area is 69.1 Å². The maximum atomic E-state index is 3.94. The lowest BCUT2D eigenvalue weighted by Crippen LogP contribution is -1.89. The molecule has 2 heteroatoms. The van der Waals surface area contributed by atoms with Gasteiger partial charge in [-0.25, -0.2) is 10.0 Å². The number of hydrogen-bond donors (Lipinski definition) is 0. The van der Waals surface area contributed by atoms with Crippen molar-refractivity contribution in [3.8, 4) is 0 Å². The van der Waals surface area contributed by atoms with E-state index in [4.69, 9.17) is 0 Å². The van der Waals surface area contributed by atoms with Crippen LogP contribution in [0, 0.1) is 0 Å². The van der Waals surface area contributed by atoms with Gasteiger partial charge in [0.1, 0.15) is 0 Å². The van der Waals surface area contributed by atoms with Crippen LogP contribution < -0.4 is 0 Å². The molecule has 0 saturated heterocycles. The molecule has 1 rings (SSSR count). The smallest absolute Gasteiger partial charge is 0.0233 e. The molecular weight excluding hydrogens is 160 g/mol. The van der Waals surface area contributed by atoms with Crippen LogP contribution in [0.5, 0.6) is 0 Å². The van der Waals surface area contributed by atoms with E-state index in [-0.39, 0.29) is 0 Å². The highest BCUT2D eigenvalue weighted by molar-refractivity contribution is 8.43. The lowest BCUT2D eigenvalue weighted by Gasteiger charge is -2.25. The fraction of sp³-hybridized carbons (Fsp3) is 0.500. The molecule has 0 N–H and O–H groups in total. The second-order valence-corrected chi connectivity index (χ2v) is 8.80. The first-order chi connectivity index (χ1) is 4.50. The summed E-state index contributed by atoms with van der Waals surface area (Å²) in [6, 6.07) is 0. The first-order valence-corrected chi connectivity index (χ1v) is 6.92. The molecule has 10 heavy (non-hydrogen) atoms. The van der Waals surface area contributed by atoms with E-state index in [1.165, 1.54) is 4.91 Å². The second-order valence-electron chi connectivity index (χ2n) is 3.21. The zero-order valence-corrected chi connectivity index (χ0v) is 8.44. The Morgan fingerprint density at radius 2 is 2.10 bits per heavy atom. The highest BCUT2D eigenvalue weighted by Gasteiger charge is 2.17. The van der Waals surface area contributed by atoms with Gasteiger partial charge in [0.15, 0.2) is 0 Å². The van der Waals surface area contributed by atoms with E-state index in [9.17, 15) is 0 Å². The average molecular weight is 174 g/mol. The molecule has 0 radical (unpaired) electrons. The summed E-state index contributed by atoms with van der Waals surface area (Å²) in [7, 11) is -0.472. The Morgan fingerprint density at radius 1 is 1.50 bits per heavy atom. The molecule has 0 amide bonds.